The number of likely N-dealkylation sites (tertiary alicyclic amines) is 1. The van der Waals surface area contributed by atoms with E-state index in [2.05, 4.69) is 13.8 Å². The highest BCUT2D eigenvalue weighted by molar-refractivity contribution is 5.60. The van der Waals surface area contributed by atoms with Crippen LogP contribution >= 0.6 is 0 Å². The molecule has 1 rings (SSSR count). The average molecular weight is 342 g/mol. The van der Waals surface area contributed by atoms with Gasteiger partial charge in [-0.1, -0.05) is 65.2 Å². The zero-order valence-electron chi connectivity index (χ0n) is 16.7. The van der Waals surface area contributed by atoms with Crippen molar-refractivity contribution in [2.24, 2.45) is 5.92 Å². The standard InChI is InChI=1S/C19H39N.C2H4O2/c1-3-5-6-7-8-9-10-11-12-13-16-20-17-14-15-19(4-2)18-20;1-2(3)4/h19H,3-18H2,1-2H3;1H3,(H,3,4). The monoisotopic (exact) mass is 341 g/mol. The Bertz CT molecular complexity index is 277. The van der Waals surface area contributed by atoms with Crippen LogP contribution in [0.3, 0.4) is 0 Å². The molecule has 144 valence electrons. The molecule has 2 atom stereocenters. The molecule has 3 heteroatoms. The quantitative estimate of drug-likeness (QED) is 0.553. The van der Waals surface area contributed by atoms with Crippen molar-refractivity contribution in [1.29, 1.82) is 0 Å². The molecule has 0 spiro atoms. The van der Waals surface area contributed by atoms with Crippen molar-refractivity contribution in [2.45, 2.75) is 104 Å². The molecular formula is C21H43NO2. The van der Waals surface area contributed by atoms with Gasteiger partial charge in [0, 0.05) is 11.9 Å². The van der Waals surface area contributed by atoms with Crippen molar-refractivity contribution >= 4 is 5.97 Å². The van der Waals surface area contributed by atoms with E-state index in [4.69, 9.17) is 9.90 Å². The number of hydrogen-bond donors (Lipinski definition) is 1. The molecular weight excluding hydrogens is 298 g/mol. The lowest BCUT2D eigenvalue weighted by atomic mass is 9.95. The first-order valence-corrected chi connectivity index (χ1v) is 10.6. The second-order valence-corrected chi connectivity index (χ2v) is 7.54. The number of quaternary nitrogens is 1. The van der Waals surface area contributed by atoms with Gasteiger partial charge in [0.05, 0.1) is 19.6 Å². The van der Waals surface area contributed by atoms with Crippen LogP contribution in [0.2, 0.25) is 0 Å². The minimum Gasteiger partial charge on any atom is -0.550 e. The minimum absolute atomic E-state index is 0.972. The van der Waals surface area contributed by atoms with Gasteiger partial charge in [0.2, 0.25) is 0 Å². The first kappa shape index (κ1) is 23.4. The van der Waals surface area contributed by atoms with Crippen LogP contribution in [0, 0.1) is 5.92 Å². The molecule has 0 aromatic rings. The van der Waals surface area contributed by atoms with Crippen LogP contribution in [0.5, 0.6) is 0 Å². The zero-order chi connectivity index (χ0) is 18.0. The normalized spacial score (nSPS) is 20.3. The van der Waals surface area contributed by atoms with Crippen LogP contribution in [0.15, 0.2) is 0 Å². The van der Waals surface area contributed by atoms with Gasteiger partial charge in [-0.3, -0.25) is 0 Å². The fraction of sp³-hybridized carbons (Fsp3) is 0.952. The fourth-order valence-corrected chi connectivity index (χ4v) is 3.69. The molecule has 2 unspecified atom stereocenters. The van der Waals surface area contributed by atoms with Crippen LogP contribution < -0.4 is 10.0 Å². The maximum Gasteiger partial charge on any atom is 0.0799 e. The maximum absolute atomic E-state index is 8.89. The molecule has 0 aromatic heterocycles. The van der Waals surface area contributed by atoms with E-state index in [0.717, 1.165) is 12.8 Å². The van der Waals surface area contributed by atoms with Crippen LogP contribution in [-0.2, 0) is 4.79 Å². The number of piperidine rings is 1. The van der Waals surface area contributed by atoms with Crippen LogP contribution in [0.1, 0.15) is 104 Å². The SMILES string of the molecule is CC(=O)[O-].CCCCCCCCCCCC[NH+]1CCCC(CC)C1. The van der Waals surface area contributed by atoms with E-state index in [1.165, 1.54) is 103 Å². The number of carbonyl (C=O) groups is 1. The third-order valence-electron chi connectivity index (χ3n) is 5.18. The molecule has 1 aliphatic heterocycles. The molecule has 0 aliphatic carbocycles. The number of rotatable bonds is 12. The van der Waals surface area contributed by atoms with Crippen molar-refractivity contribution in [3.05, 3.63) is 0 Å². The predicted octanol–water partition coefficient (Wildman–Crippen LogP) is 3.37. The maximum atomic E-state index is 8.89. The highest BCUT2D eigenvalue weighted by atomic mass is 16.4. The summed E-state index contributed by atoms with van der Waals surface area (Å²) >= 11 is 0. The summed E-state index contributed by atoms with van der Waals surface area (Å²) in [5.41, 5.74) is 0. The van der Waals surface area contributed by atoms with E-state index < -0.39 is 5.97 Å². The summed E-state index contributed by atoms with van der Waals surface area (Å²) in [5, 5.41) is 8.89. The third kappa shape index (κ3) is 16.3. The Morgan fingerprint density at radius 2 is 1.46 bits per heavy atom. The third-order valence-corrected chi connectivity index (χ3v) is 5.18. The summed E-state index contributed by atoms with van der Waals surface area (Å²) in [5.74, 6) is -0.0538. The molecule has 0 radical (unpaired) electrons. The van der Waals surface area contributed by atoms with Gasteiger partial charge in [-0.25, -0.2) is 0 Å². The van der Waals surface area contributed by atoms with Crippen molar-refractivity contribution in [3.8, 4) is 0 Å². The van der Waals surface area contributed by atoms with E-state index in [1.807, 2.05) is 4.90 Å². The number of hydrogen-bond acceptors (Lipinski definition) is 2. The molecule has 3 nitrogen and oxygen atoms in total. The van der Waals surface area contributed by atoms with Crippen LogP contribution in [-0.4, -0.2) is 25.6 Å². The van der Waals surface area contributed by atoms with Crippen molar-refractivity contribution in [1.82, 2.24) is 0 Å². The molecule has 0 amide bonds. The topological polar surface area (TPSA) is 44.6 Å². The van der Waals surface area contributed by atoms with E-state index in [9.17, 15) is 0 Å². The van der Waals surface area contributed by atoms with Gasteiger partial charge in [0.1, 0.15) is 0 Å². The minimum atomic E-state index is -1.08. The lowest BCUT2D eigenvalue weighted by Crippen LogP contribution is -3.13. The highest BCUT2D eigenvalue weighted by Gasteiger charge is 2.20. The van der Waals surface area contributed by atoms with Gasteiger partial charge in [0.15, 0.2) is 0 Å². The number of aliphatic carboxylic acids is 1. The van der Waals surface area contributed by atoms with Gasteiger partial charge < -0.3 is 14.8 Å². The van der Waals surface area contributed by atoms with Gasteiger partial charge in [-0.2, -0.15) is 0 Å². The number of carboxylic acids is 1. The Balaban J connectivity index is 0.00000118. The van der Waals surface area contributed by atoms with Gasteiger partial charge in [-0.05, 0) is 39.0 Å². The molecule has 0 aromatic carbocycles. The van der Waals surface area contributed by atoms with Crippen molar-refractivity contribution in [2.75, 3.05) is 19.6 Å². The average Bonchev–Trinajstić information content (AvgIpc) is 2.56. The van der Waals surface area contributed by atoms with E-state index in [-0.39, 0.29) is 0 Å². The second-order valence-electron chi connectivity index (χ2n) is 7.54. The van der Waals surface area contributed by atoms with E-state index in [0.29, 0.717) is 0 Å². The predicted molar refractivity (Wildman–Crippen MR) is 101 cm³/mol. The Hall–Kier alpha value is -0.570. The molecule has 0 saturated carbocycles. The van der Waals surface area contributed by atoms with Gasteiger partial charge in [0.25, 0.3) is 0 Å². The van der Waals surface area contributed by atoms with Crippen molar-refractivity contribution < 1.29 is 14.8 Å². The molecule has 1 fully saturated rings. The molecule has 24 heavy (non-hydrogen) atoms. The zero-order valence-corrected chi connectivity index (χ0v) is 16.7. The van der Waals surface area contributed by atoms with Gasteiger partial charge >= 0.3 is 0 Å². The Labute approximate surface area is 151 Å². The Morgan fingerprint density at radius 1 is 0.958 bits per heavy atom. The van der Waals surface area contributed by atoms with Crippen LogP contribution in [0.25, 0.3) is 0 Å². The molecule has 1 heterocycles. The number of carboxylic acid groups (broad SMARTS) is 1. The molecule has 0 bridgehead atoms. The summed E-state index contributed by atoms with van der Waals surface area (Å²) in [7, 11) is 0. The lowest BCUT2D eigenvalue weighted by Gasteiger charge is -2.29. The smallest absolute Gasteiger partial charge is 0.0799 e. The summed E-state index contributed by atoms with van der Waals surface area (Å²) in [6.45, 7) is 10.0. The van der Waals surface area contributed by atoms with Gasteiger partial charge in [-0.15, -0.1) is 0 Å². The molecule has 1 saturated heterocycles. The largest absolute Gasteiger partial charge is 0.550 e. The molecule has 1 aliphatic rings. The van der Waals surface area contributed by atoms with Crippen LogP contribution in [0.4, 0.5) is 0 Å². The first-order chi connectivity index (χ1) is 11.6. The molecule has 1 N–H and O–H groups in total. The summed E-state index contributed by atoms with van der Waals surface area (Å²) in [6, 6.07) is 0. The summed E-state index contributed by atoms with van der Waals surface area (Å²) < 4.78 is 0. The van der Waals surface area contributed by atoms with E-state index >= 15 is 0 Å². The summed E-state index contributed by atoms with van der Waals surface area (Å²) in [4.78, 5) is 10.8. The fourth-order valence-electron chi connectivity index (χ4n) is 3.69. The van der Waals surface area contributed by atoms with E-state index in [1.54, 1.807) is 0 Å². The summed E-state index contributed by atoms with van der Waals surface area (Å²) in [6.07, 6.45) is 19.0. The van der Waals surface area contributed by atoms with Crippen molar-refractivity contribution in [3.63, 3.8) is 0 Å². The number of unbranched alkanes of at least 4 members (excludes halogenated alkanes) is 9. The first-order valence-electron chi connectivity index (χ1n) is 10.6. The Morgan fingerprint density at radius 3 is 1.96 bits per heavy atom. The second kappa shape index (κ2) is 17.3. The highest BCUT2D eigenvalue weighted by Crippen LogP contribution is 2.12. The number of carbonyl (C=O) groups excluding carboxylic acids is 1. The number of nitrogens with one attached hydrogen (secondary N) is 1. The lowest BCUT2D eigenvalue weighted by molar-refractivity contribution is -0.909. The Kier molecular flexibility index (Phi) is 16.8.